The van der Waals surface area contributed by atoms with Crippen molar-refractivity contribution in [2.75, 3.05) is 13.1 Å². The summed E-state index contributed by atoms with van der Waals surface area (Å²) in [5.74, 6) is -0.0610. The summed E-state index contributed by atoms with van der Waals surface area (Å²) in [4.78, 5) is 37.3. The van der Waals surface area contributed by atoms with Crippen molar-refractivity contribution in [2.24, 2.45) is 0 Å². The quantitative estimate of drug-likeness (QED) is 0.730. The van der Waals surface area contributed by atoms with Gasteiger partial charge < -0.3 is 10.0 Å². The average Bonchev–Trinajstić information content (AvgIpc) is 2.99. The summed E-state index contributed by atoms with van der Waals surface area (Å²) in [5, 5.41) is 11.7. The molecule has 1 amide bonds. The van der Waals surface area contributed by atoms with Crippen molar-refractivity contribution in [2.45, 2.75) is 38.8 Å². The van der Waals surface area contributed by atoms with E-state index in [0.717, 1.165) is 15.3 Å². The highest BCUT2D eigenvalue weighted by Gasteiger charge is 2.35. The lowest BCUT2D eigenvalue weighted by molar-refractivity contribution is -0.0299. The Hall–Kier alpha value is -2.58. The van der Waals surface area contributed by atoms with Crippen LogP contribution in [0, 0.1) is 13.8 Å². The van der Waals surface area contributed by atoms with Crippen LogP contribution in [-0.2, 0) is 6.54 Å². The fourth-order valence-electron chi connectivity index (χ4n) is 3.66. The standard InChI is InChI=1S/C20H22N4O3S/c1-13-14(2)28-17-16(13)19(26)24(12-22-17)11-20(27)5-9-23(10-6-20)18(25)15-3-7-21-8-4-15/h3-4,7-8,12,27H,5-6,9-11H2,1-2H3. The van der Waals surface area contributed by atoms with Crippen molar-refractivity contribution in [3.8, 4) is 0 Å². The van der Waals surface area contributed by atoms with Gasteiger partial charge in [0, 0.05) is 35.9 Å². The number of thiophene rings is 1. The molecule has 0 unspecified atom stereocenters. The first-order chi connectivity index (χ1) is 13.4. The Bertz CT molecular complexity index is 1080. The van der Waals surface area contributed by atoms with E-state index in [1.165, 1.54) is 22.2 Å². The molecule has 0 saturated carbocycles. The van der Waals surface area contributed by atoms with Gasteiger partial charge in [-0.15, -0.1) is 11.3 Å². The molecule has 3 aromatic heterocycles. The Morgan fingerprint density at radius 2 is 1.93 bits per heavy atom. The number of carbonyl (C=O) groups excluding carboxylic acids is 1. The van der Waals surface area contributed by atoms with Gasteiger partial charge >= 0.3 is 0 Å². The molecule has 1 aliphatic rings. The van der Waals surface area contributed by atoms with Gasteiger partial charge in [-0.3, -0.25) is 19.1 Å². The molecule has 0 atom stereocenters. The van der Waals surface area contributed by atoms with Gasteiger partial charge in [0.15, 0.2) is 0 Å². The van der Waals surface area contributed by atoms with Gasteiger partial charge in [-0.05, 0) is 44.4 Å². The zero-order chi connectivity index (χ0) is 19.9. The summed E-state index contributed by atoms with van der Waals surface area (Å²) in [6, 6.07) is 3.38. The number of hydrogen-bond donors (Lipinski definition) is 1. The van der Waals surface area contributed by atoms with Crippen LogP contribution in [-0.4, -0.2) is 49.1 Å². The van der Waals surface area contributed by atoms with E-state index in [0.29, 0.717) is 36.9 Å². The zero-order valence-corrected chi connectivity index (χ0v) is 16.7. The number of piperidine rings is 1. The molecule has 7 nitrogen and oxygen atoms in total. The lowest BCUT2D eigenvalue weighted by atomic mass is 9.91. The Kier molecular flexibility index (Phi) is 4.76. The number of nitrogens with zero attached hydrogens (tertiary/aromatic N) is 4. The van der Waals surface area contributed by atoms with E-state index < -0.39 is 5.60 Å². The van der Waals surface area contributed by atoms with Crippen molar-refractivity contribution in [3.05, 3.63) is 57.2 Å². The smallest absolute Gasteiger partial charge is 0.262 e. The number of amides is 1. The van der Waals surface area contributed by atoms with E-state index >= 15 is 0 Å². The number of aryl methyl sites for hydroxylation is 2. The molecule has 4 rings (SSSR count). The van der Waals surface area contributed by atoms with Crippen LogP contribution in [0.15, 0.2) is 35.6 Å². The second-order valence-electron chi connectivity index (χ2n) is 7.39. The fraction of sp³-hybridized carbons (Fsp3) is 0.400. The van der Waals surface area contributed by atoms with Gasteiger partial charge in [-0.25, -0.2) is 4.98 Å². The molecule has 8 heteroatoms. The average molecular weight is 398 g/mol. The molecule has 1 fully saturated rings. The molecule has 0 bridgehead atoms. The van der Waals surface area contributed by atoms with Crippen molar-refractivity contribution >= 4 is 27.5 Å². The third-order valence-corrected chi connectivity index (χ3v) is 6.64. The van der Waals surface area contributed by atoms with Crippen LogP contribution in [0.5, 0.6) is 0 Å². The van der Waals surface area contributed by atoms with E-state index in [-0.39, 0.29) is 18.0 Å². The number of hydrogen-bond acceptors (Lipinski definition) is 6. The number of aromatic nitrogens is 3. The highest BCUT2D eigenvalue weighted by atomic mass is 32.1. The minimum Gasteiger partial charge on any atom is -0.388 e. The third-order valence-electron chi connectivity index (χ3n) is 5.53. The molecule has 1 saturated heterocycles. The number of fused-ring (bicyclic) bond motifs is 1. The van der Waals surface area contributed by atoms with Crippen LogP contribution in [0.1, 0.15) is 33.6 Å². The first kappa shape index (κ1) is 18.8. The Morgan fingerprint density at radius 1 is 1.25 bits per heavy atom. The SMILES string of the molecule is Cc1sc2ncn(CC3(O)CCN(C(=O)c4ccncc4)CC3)c(=O)c2c1C. The predicted octanol–water partition coefficient (Wildman–Crippen LogP) is 2.14. The number of carbonyl (C=O) groups is 1. The number of likely N-dealkylation sites (tertiary alicyclic amines) is 1. The molecule has 4 heterocycles. The summed E-state index contributed by atoms with van der Waals surface area (Å²) < 4.78 is 1.50. The van der Waals surface area contributed by atoms with Crippen molar-refractivity contribution < 1.29 is 9.90 Å². The molecular weight excluding hydrogens is 376 g/mol. The fourth-order valence-corrected chi connectivity index (χ4v) is 4.65. The maximum absolute atomic E-state index is 12.9. The normalized spacial score (nSPS) is 16.5. The molecule has 0 spiro atoms. The summed E-state index contributed by atoms with van der Waals surface area (Å²) in [6.07, 6.45) is 5.53. The second-order valence-corrected chi connectivity index (χ2v) is 8.60. The molecule has 1 aliphatic heterocycles. The van der Waals surface area contributed by atoms with E-state index in [9.17, 15) is 14.7 Å². The van der Waals surface area contributed by atoms with E-state index in [1.807, 2.05) is 13.8 Å². The molecule has 1 N–H and O–H groups in total. The van der Waals surface area contributed by atoms with Crippen LogP contribution in [0.25, 0.3) is 10.2 Å². The van der Waals surface area contributed by atoms with Gasteiger partial charge in [0.2, 0.25) is 0 Å². The van der Waals surface area contributed by atoms with Crippen LogP contribution in [0.2, 0.25) is 0 Å². The van der Waals surface area contributed by atoms with Crippen LogP contribution in [0.3, 0.4) is 0 Å². The first-order valence-corrected chi connectivity index (χ1v) is 10.1. The highest BCUT2D eigenvalue weighted by Crippen LogP contribution is 2.27. The molecule has 0 aromatic carbocycles. The van der Waals surface area contributed by atoms with Gasteiger partial charge in [0.25, 0.3) is 11.5 Å². The Morgan fingerprint density at radius 3 is 2.61 bits per heavy atom. The summed E-state index contributed by atoms with van der Waals surface area (Å²) in [6.45, 7) is 4.98. The van der Waals surface area contributed by atoms with Gasteiger partial charge in [0.1, 0.15) is 4.83 Å². The monoisotopic (exact) mass is 398 g/mol. The second kappa shape index (κ2) is 7.10. The van der Waals surface area contributed by atoms with Crippen molar-refractivity contribution in [1.82, 2.24) is 19.4 Å². The third kappa shape index (κ3) is 3.33. The Balaban J connectivity index is 1.50. The molecular formula is C20H22N4O3S. The molecule has 146 valence electrons. The van der Waals surface area contributed by atoms with E-state index in [2.05, 4.69) is 9.97 Å². The number of pyridine rings is 1. The lowest BCUT2D eigenvalue weighted by Crippen LogP contribution is -2.49. The van der Waals surface area contributed by atoms with Crippen molar-refractivity contribution in [1.29, 1.82) is 0 Å². The van der Waals surface area contributed by atoms with Crippen molar-refractivity contribution in [3.63, 3.8) is 0 Å². The van der Waals surface area contributed by atoms with E-state index in [4.69, 9.17) is 0 Å². The molecule has 28 heavy (non-hydrogen) atoms. The minimum absolute atomic E-state index is 0.0610. The lowest BCUT2D eigenvalue weighted by Gasteiger charge is -2.38. The number of rotatable bonds is 3. The molecule has 0 aliphatic carbocycles. The minimum atomic E-state index is -1.03. The van der Waals surface area contributed by atoms with Crippen LogP contribution < -0.4 is 5.56 Å². The molecule has 0 radical (unpaired) electrons. The van der Waals surface area contributed by atoms with Gasteiger partial charge in [0.05, 0.1) is 23.9 Å². The van der Waals surface area contributed by atoms with Gasteiger partial charge in [-0.2, -0.15) is 0 Å². The van der Waals surface area contributed by atoms with E-state index in [1.54, 1.807) is 29.4 Å². The van der Waals surface area contributed by atoms with Gasteiger partial charge in [-0.1, -0.05) is 0 Å². The highest BCUT2D eigenvalue weighted by molar-refractivity contribution is 7.18. The maximum Gasteiger partial charge on any atom is 0.262 e. The maximum atomic E-state index is 12.9. The van der Waals surface area contributed by atoms with Crippen LogP contribution >= 0.6 is 11.3 Å². The topological polar surface area (TPSA) is 88.3 Å². The number of aliphatic hydroxyl groups is 1. The zero-order valence-electron chi connectivity index (χ0n) is 15.9. The predicted molar refractivity (Wildman–Crippen MR) is 108 cm³/mol. The summed E-state index contributed by atoms with van der Waals surface area (Å²) in [7, 11) is 0. The van der Waals surface area contributed by atoms with Crippen LogP contribution in [0.4, 0.5) is 0 Å². The Labute approximate surface area is 166 Å². The molecule has 3 aromatic rings. The largest absolute Gasteiger partial charge is 0.388 e. The summed E-state index contributed by atoms with van der Waals surface area (Å²) in [5.41, 5.74) is 0.398. The summed E-state index contributed by atoms with van der Waals surface area (Å²) >= 11 is 1.51. The first-order valence-electron chi connectivity index (χ1n) is 9.25.